The van der Waals surface area contributed by atoms with Gasteiger partial charge in [0.25, 0.3) is 5.91 Å². The fourth-order valence-electron chi connectivity index (χ4n) is 3.19. The molecule has 3 aromatic rings. The van der Waals surface area contributed by atoms with E-state index < -0.39 is 5.91 Å². The van der Waals surface area contributed by atoms with Crippen molar-refractivity contribution in [3.8, 4) is 11.3 Å². The van der Waals surface area contributed by atoms with Gasteiger partial charge in [-0.1, -0.05) is 24.3 Å². The average molecular weight is 364 g/mol. The van der Waals surface area contributed by atoms with Crippen molar-refractivity contribution in [3.05, 3.63) is 47.8 Å². The number of carbonyl (C=O) groups excluding carboxylic acids is 1. The average Bonchev–Trinajstić information content (AvgIpc) is 2.69. The largest absolute Gasteiger partial charge is 0.382 e. The SMILES string of the molecule is NC(=O)c1cc(-c2ccc(CN3CCOCC3)cc2)nc2c(N)ncnc12. The molecular weight excluding hydrogens is 344 g/mol. The molecule has 27 heavy (non-hydrogen) atoms. The number of anilines is 1. The highest BCUT2D eigenvalue weighted by molar-refractivity contribution is 6.06. The maximum absolute atomic E-state index is 11.9. The van der Waals surface area contributed by atoms with Crippen molar-refractivity contribution in [2.24, 2.45) is 5.73 Å². The zero-order chi connectivity index (χ0) is 18.8. The summed E-state index contributed by atoms with van der Waals surface area (Å²) in [7, 11) is 0. The van der Waals surface area contributed by atoms with Crippen molar-refractivity contribution in [2.45, 2.75) is 6.54 Å². The predicted molar refractivity (Wildman–Crippen MR) is 102 cm³/mol. The Labute approximate surface area is 156 Å². The van der Waals surface area contributed by atoms with Gasteiger partial charge in [0.15, 0.2) is 5.82 Å². The summed E-state index contributed by atoms with van der Waals surface area (Å²) < 4.78 is 5.38. The molecule has 0 saturated carbocycles. The number of hydrogen-bond acceptors (Lipinski definition) is 7. The number of nitrogen functional groups attached to an aromatic ring is 1. The molecule has 0 unspecified atom stereocenters. The summed E-state index contributed by atoms with van der Waals surface area (Å²) in [6.45, 7) is 4.31. The van der Waals surface area contributed by atoms with Crippen molar-refractivity contribution >= 4 is 22.8 Å². The van der Waals surface area contributed by atoms with Crippen molar-refractivity contribution in [1.82, 2.24) is 19.9 Å². The molecule has 0 aliphatic carbocycles. The summed E-state index contributed by atoms with van der Waals surface area (Å²) >= 11 is 0. The molecule has 1 fully saturated rings. The molecule has 1 aromatic carbocycles. The second-order valence-electron chi connectivity index (χ2n) is 6.46. The number of rotatable bonds is 4. The monoisotopic (exact) mass is 364 g/mol. The van der Waals surface area contributed by atoms with Crippen LogP contribution in [0.1, 0.15) is 15.9 Å². The number of hydrogen-bond donors (Lipinski definition) is 2. The van der Waals surface area contributed by atoms with Crippen LogP contribution in [0.2, 0.25) is 0 Å². The van der Waals surface area contributed by atoms with Gasteiger partial charge in [0, 0.05) is 25.2 Å². The van der Waals surface area contributed by atoms with Crippen LogP contribution in [-0.4, -0.2) is 52.1 Å². The second-order valence-corrected chi connectivity index (χ2v) is 6.46. The maximum atomic E-state index is 11.9. The first-order chi connectivity index (χ1) is 13.1. The molecule has 8 nitrogen and oxygen atoms in total. The van der Waals surface area contributed by atoms with Gasteiger partial charge in [0.05, 0.1) is 24.5 Å². The first kappa shape index (κ1) is 17.3. The molecule has 8 heteroatoms. The van der Waals surface area contributed by atoms with Gasteiger partial charge in [-0.3, -0.25) is 9.69 Å². The number of pyridine rings is 1. The lowest BCUT2D eigenvalue weighted by molar-refractivity contribution is 0.0342. The van der Waals surface area contributed by atoms with E-state index in [2.05, 4.69) is 32.0 Å². The number of benzene rings is 1. The molecule has 3 heterocycles. The van der Waals surface area contributed by atoms with Crippen LogP contribution in [-0.2, 0) is 11.3 Å². The zero-order valence-electron chi connectivity index (χ0n) is 14.8. The molecule has 4 rings (SSSR count). The van der Waals surface area contributed by atoms with Gasteiger partial charge < -0.3 is 16.2 Å². The number of amides is 1. The van der Waals surface area contributed by atoms with Crippen LogP contribution < -0.4 is 11.5 Å². The highest BCUT2D eigenvalue weighted by Gasteiger charge is 2.15. The highest BCUT2D eigenvalue weighted by atomic mass is 16.5. The Kier molecular flexibility index (Phi) is 4.66. The Bertz CT molecular complexity index is 983. The smallest absolute Gasteiger partial charge is 0.251 e. The predicted octanol–water partition coefficient (Wildman–Crippen LogP) is 1.21. The molecule has 0 bridgehead atoms. The minimum atomic E-state index is -0.578. The van der Waals surface area contributed by atoms with Crippen molar-refractivity contribution in [1.29, 1.82) is 0 Å². The van der Waals surface area contributed by atoms with Gasteiger partial charge in [-0.05, 0) is 11.6 Å². The number of aromatic nitrogens is 3. The number of fused-ring (bicyclic) bond motifs is 1. The third-order valence-electron chi connectivity index (χ3n) is 4.64. The molecule has 0 spiro atoms. The highest BCUT2D eigenvalue weighted by Crippen LogP contribution is 2.26. The number of nitrogens with zero attached hydrogens (tertiary/aromatic N) is 4. The second kappa shape index (κ2) is 7.26. The van der Waals surface area contributed by atoms with Crippen LogP contribution in [0.5, 0.6) is 0 Å². The van der Waals surface area contributed by atoms with Crippen molar-refractivity contribution in [2.75, 3.05) is 32.0 Å². The molecule has 0 radical (unpaired) electrons. The number of morpholine rings is 1. The van der Waals surface area contributed by atoms with E-state index in [1.807, 2.05) is 12.1 Å². The summed E-state index contributed by atoms with van der Waals surface area (Å²) in [5.41, 5.74) is 15.1. The van der Waals surface area contributed by atoms with Gasteiger partial charge in [0.2, 0.25) is 0 Å². The summed E-state index contributed by atoms with van der Waals surface area (Å²) in [6.07, 6.45) is 1.30. The summed E-state index contributed by atoms with van der Waals surface area (Å²) in [6, 6.07) is 9.73. The molecule has 138 valence electrons. The van der Waals surface area contributed by atoms with E-state index in [0.717, 1.165) is 38.4 Å². The zero-order valence-corrected chi connectivity index (χ0v) is 14.8. The molecule has 1 saturated heterocycles. The molecule has 4 N–H and O–H groups in total. The Morgan fingerprint density at radius 2 is 1.85 bits per heavy atom. The number of ether oxygens (including phenoxy) is 1. The molecule has 1 aliphatic rings. The van der Waals surface area contributed by atoms with Crippen molar-refractivity contribution < 1.29 is 9.53 Å². The Balaban J connectivity index is 1.67. The number of nitrogens with two attached hydrogens (primary N) is 2. The van der Waals surface area contributed by atoms with E-state index in [1.165, 1.54) is 11.9 Å². The van der Waals surface area contributed by atoms with Crippen LogP contribution >= 0.6 is 0 Å². The molecule has 2 aromatic heterocycles. The molecule has 0 atom stereocenters. The maximum Gasteiger partial charge on any atom is 0.251 e. The lowest BCUT2D eigenvalue weighted by atomic mass is 10.0. The Morgan fingerprint density at radius 3 is 2.56 bits per heavy atom. The van der Waals surface area contributed by atoms with E-state index in [-0.39, 0.29) is 11.4 Å². The summed E-state index contributed by atoms with van der Waals surface area (Å²) in [5, 5.41) is 0. The topological polar surface area (TPSA) is 120 Å². The van der Waals surface area contributed by atoms with Crippen LogP contribution in [0.4, 0.5) is 5.82 Å². The lowest BCUT2D eigenvalue weighted by Crippen LogP contribution is -2.35. The minimum Gasteiger partial charge on any atom is -0.382 e. The summed E-state index contributed by atoms with van der Waals surface area (Å²) in [4.78, 5) is 26.8. The first-order valence-electron chi connectivity index (χ1n) is 8.72. The molecule has 1 aliphatic heterocycles. The van der Waals surface area contributed by atoms with Gasteiger partial charge >= 0.3 is 0 Å². The van der Waals surface area contributed by atoms with E-state index in [1.54, 1.807) is 6.07 Å². The third-order valence-corrected chi connectivity index (χ3v) is 4.64. The lowest BCUT2D eigenvalue weighted by Gasteiger charge is -2.26. The van der Waals surface area contributed by atoms with E-state index in [4.69, 9.17) is 16.2 Å². The van der Waals surface area contributed by atoms with Gasteiger partial charge in [-0.25, -0.2) is 15.0 Å². The van der Waals surface area contributed by atoms with Crippen LogP contribution in [0, 0.1) is 0 Å². The third kappa shape index (κ3) is 3.57. The fourth-order valence-corrected chi connectivity index (χ4v) is 3.19. The Hall–Kier alpha value is -3.10. The molecular formula is C19H20N6O2. The van der Waals surface area contributed by atoms with Crippen LogP contribution in [0.15, 0.2) is 36.7 Å². The quantitative estimate of drug-likeness (QED) is 0.714. The summed E-state index contributed by atoms with van der Waals surface area (Å²) in [5.74, 6) is -0.362. The van der Waals surface area contributed by atoms with E-state index in [9.17, 15) is 4.79 Å². The van der Waals surface area contributed by atoms with Crippen LogP contribution in [0.3, 0.4) is 0 Å². The number of primary amides is 1. The normalized spacial score (nSPS) is 15.1. The first-order valence-corrected chi connectivity index (χ1v) is 8.72. The van der Waals surface area contributed by atoms with Gasteiger partial charge in [0.1, 0.15) is 17.4 Å². The molecule has 1 amide bonds. The van der Waals surface area contributed by atoms with E-state index in [0.29, 0.717) is 16.7 Å². The van der Waals surface area contributed by atoms with Gasteiger partial charge in [-0.2, -0.15) is 0 Å². The van der Waals surface area contributed by atoms with Gasteiger partial charge in [-0.15, -0.1) is 0 Å². The number of carbonyl (C=O) groups is 1. The standard InChI is InChI=1S/C19H20N6O2/c20-18-17-16(22-11-23-18)14(19(21)26)9-15(24-17)13-3-1-12(2-4-13)10-25-5-7-27-8-6-25/h1-4,9,11H,5-8,10H2,(H2,21,26)(H2,20,22,23). The van der Waals surface area contributed by atoms with E-state index >= 15 is 0 Å². The minimum absolute atomic E-state index is 0.216. The van der Waals surface area contributed by atoms with Crippen molar-refractivity contribution in [3.63, 3.8) is 0 Å². The fraction of sp³-hybridized carbons (Fsp3) is 0.263. The van der Waals surface area contributed by atoms with Crippen LogP contribution in [0.25, 0.3) is 22.3 Å². The Morgan fingerprint density at radius 1 is 1.11 bits per heavy atom.